The van der Waals surface area contributed by atoms with Gasteiger partial charge in [0, 0.05) is 7.14 Å². The highest BCUT2D eigenvalue weighted by Gasteiger charge is 2.30. The van der Waals surface area contributed by atoms with Crippen molar-refractivity contribution in [2.75, 3.05) is 0 Å². The molecule has 6 aromatic rings. The molecule has 398 valence electrons. The summed E-state index contributed by atoms with van der Waals surface area (Å²) in [4.78, 5) is 0. The second-order valence-electron chi connectivity index (χ2n) is 25.9. The summed E-state index contributed by atoms with van der Waals surface area (Å²) in [6.45, 7) is 57.4. The average Bonchev–Trinajstić information content (AvgIpc) is 3.32. The fourth-order valence-electron chi connectivity index (χ4n) is 11.4. The summed E-state index contributed by atoms with van der Waals surface area (Å²) in [5.74, 6) is 4.52. The van der Waals surface area contributed by atoms with Crippen LogP contribution in [0.15, 0.2) is 72.8 Å². The molecule has 0 radical (unpaired) electrons. The summed E-state index contributed by atoms with van der Waals surface area (Å²) in [6.07, 6.45) is 0. The molecule has 2 heteroatoms. The molecular formula is C72H96I2. The first-order valence-electron chi connectivity index (χ1n) is 28.9. The number of benzene rings is 6. The number of rotatable bonds is 17. The van der Waals surface area contributed by atoms with Gasteiger partial charge in [-0.15, -0.1) is 0 Å². The van der Waals surface area contributed by atoms with Gasteiger partial charge in [0.05, 0.1) is 0 Å². The highest BCUT2D eigenvalue weighted by molar-refractivity contribution is 14.1. The second-order valence-corrected chi connectivity index (χ2v) is 28.1. The van der Waals surface area contributed by atoms with Crippen molar-refractivity contribution in [2.45, 2.75) is 237 Å². The summed E-state index contributed by atoms with van der Waals surface area (Å²) in [6, 6.07) is 30.9. The van der Waals surface area contributed by atoms with Gasteiger partial charge in [0.2, 0.25) is 0 Å². The van der Waals surface area contributed by atoms with E-state index in [0.29, 0.717) is 71.0 Å². The SMILES string of the molecule is CC(C)c1cc(C(C)C)c(-c2cc(-c3cc(-c4c(C(C)C)cc(C(C)C)cc4C(C)C)c(I)c(-c4c(C(C)C)cc(C(C)C)cc4C(C)C)c3)cc(-c3c(C(C)C)cc(C(C)C)cc3C(C)C)c2I)c(C(C)C)c1. The zero-order valence-corrected chi connectivity index (χ0v) is 54.9. The first-order chi connectivity index (χ1) is 34.5. The number of hydrogen-bond donors (Lipinski definition) is 0. The van der Waals surface area contributed by atoms with Gasteiger partial charge < -0.3 is 0 Å². The first-order valence-corrected chi connectivity index (χ1v) is 31.0. The van der Waals surface area contributed by atoms with Crippen LogP contribution in [0.3, 0.4) is 0 Å². The molecule has 0 aromatic heterocycles. The Bertz CT molecular complexity index is 2460. The smallest absolute Gasteiger partial charge is 0.0288 e. The van der Waals surface area contributed by atoms with E-state index in [9.17, 15) is 0 Å². The van der Waals surface area contributed by atoms with E-state index in [0.717, 1.165) is 0 Å². The Morgan fingerprint density at radius 2 is 0.338 bits per heavy atom. The maximum absolute atomic E-state index is 2.79. The Morgan fingerprint density at radius 3 is 0.446 bits per heavy atom. The third-order valence-electron chi connectivity index (χ3n) is 16.1. The van der Waals surface area contributed by atoms with Crippen LogP contribution in [-0.2, 0) is 0 Å². The lowest BCUT2D eigenvalue weighted by Crippen LogP contribution is -2.08. The van der Waals surface area contributed by atoms with E-state index in [1.165, 1.54) is 130 Å². The zero-order valence-electron chi connectivity index (χ0n) is 50.6. The van der Waals surface area contributed by atoms with Crippen LogP contribution < -0.4 is 0 Å². The normalized spacial score (nSPS) is 12.6. The first kappa shape index (κ1) is 60.0. The summed E-state index contributed by atoms with van der Waals surface area (Å²) in [5.41, 5.74) is 31.1. The molecule has 0 bridgehead atoms. The van der Waals surface area contributed by atoms with Crippen LogP contribution in [0.4, 0.5) is 0 Å². The fourth-order valence-corrected chi connectivity index (χ4v) is 13.1. The largest absolute Gasteiger partial charge is 0.0587 e. The van der Waals surface area contributed by atoms with E-state index in [4.69, 9.17) is 0 Å². The molecule has 0 fully saturated rings. The van der Waals surface area contributed by atoms with Gasteiger partial charge in [0.25, 0.3) is 0 Å². The minimum absolute atomic E-state index is 0.346. The topological polar surface area (TPSA) is 0 Å². The summed E-state index contributed by atoms with van der Waals surface area (Å²) in [7, 11) is 0. The van der Waals surface area contributed by atoms with Crippen molar-refractivity contribution in [1.82, 2.24) is 0 Å². The van der Waals surface area contributed by atoms with Gasteiger partial charge in [-0.2, -0.15) is 0 Å². The van der Waals surface area contributed by atoms with Crippen LogP contribution in [0.5, 0.6) is 0 Å². The van der Waals surface area contributed by atoms with Gasteiger partial charge in [-0.3, -0.25) is 0 Å². The molecular weight excluding hydrogens is 1120 g/mol. The zero-order chi connectivity index (χ0) is 55.3. The minimum atomic E-state index is 0.346. The van der Waals surface area contributed by atoms with Gasteiger partial charge in [-0.25, -0.2) is 0 Å². The Labute approximate surface area is 480 Å². The minimum Gasteiger partial charge on any atom is -0.0587 e. The van der Waals surface area contributed by atoms with E-state index >= 15 is 0 Å². The van der Waals surface area contributed by atoms with E-state index in [1.807, 2.05) is 0 Å². The lowest BCUT2D eigenvalue weighted by atomic mass is 9.77. The Kier molecular flexibility index (Phi) is 19.6. The molecule has 0 spiro atoms. The van der Waals surface area contributed by atoms with Gasteiger partial charge in [0.15, 0.2) is 0 Å². The molecule has 0 saturated carbocycles. The van der Waals surface area contributed by atoms with E-state index < -0.39 is 0 Å². The highest BCUT2D eigenvalue weighted by Crippen LogP contribution is 2.52. The molecule has 0 amide bonds. The standard InChI is InChI=1S/C72H96I2/c1-37(2)49-25-55(41(9)10)67(56(26-49)42(11)12)63-33-53(34-64(71(63)73)68-57(43(13)14)27-50(38(3)4)28-58(68)44(15)16)54-35-65(69-59(45(17)18)29-51(39(5)6)30-60(69)46(19)20)72(74)66(36-54)70-61(47(21)22)31-52(40(7)8)32-62(70)48(23)24/h25-48H,1-24H3. The van der Waals surface area contributed by atoms with Gasteiger partial charge in [0.1, 0.15) is 0 Å². The van der Waals surface area contributed by atoms with E-state index in [2.05, 4.69) is 284 Å². The molecule has 74 heavy (non-hydrogen) atoms. The van der Waals surface area contributed by atoms with Crippen molar-refractivity contribution >= 4 is 45.2 Å². The number of hydrogen-bond acceptors (Lipinski definition) is 0. The Hall–Kier alpha value is -3.22. The van der Waals surface area contributed by atoms with Gasteiger partial charge >= 0.3 is 0 Å². The molecule has 0 atom stereocenters. The fraction of sp³-hybridized carbons (Fsp3) is 0.500. The van der Waals surface area contributed by atoms with Gasteiger partial charge in [-0.1, -0.05) is 215 Å². The second kappa shape index (κ2) is 24.2. The maximum Gasteiger partial charge on any atom is 0.0288 e. The monoisotopic (exact) mass is 1210 g/mol. The molecule has 0 aliphatic rings. The molecule has 0 heterocycles. The van der Waals surface area contributed by atoms with E-state index in [-0.39, 0.29) is 0 Å². The predicted octanol–water partition coefficient (Wildman–Crippen LogP) is 24.7. The average molecular weight is 1220 g/mol. The van der Waals surface area contributed by atoms with Crippen molar-refractivity contribution < 1.29 is 0 Å². The molecule has 6 aromatic carbocycles. The van der Waals surface area contributed by atoms with Crippen molar-refractivity contribution in [3.05, 3.63) is 147 Å². The van der Waals surface area contributed by atoms with Gasteiger partial charge in [-0.05, 0) is 263 Å². The maximum atomic E-state index is 2.79. The summed E-state index contributed by atoms with van der Waals surface area (Å²) in [5, 5.41) is 0. The van der Waals surface area contributed by atoms with Crippen LogP contribution in [0, 0.1) is 7.14 Å². The molecule has 0 saturated heterocycles. The van der Waals surface area contributed by atoms with Crippen molar-refractivity contribution in [3.63, 3.8) is 0 Å². The lowest BCUT2D eigenvalue weighted by molar-refractivity contribution is 0.806. The van der Waals surface area contributed by atoms with Crippen LogP contribution in [-0.4, -0.2) is 0 Å². The molecule has 0 aliphatic carbocycles. The highest BCUT2D eigenvalue weighted by atomic mass is 127. The lowest BCUT2D eigenvalue weighted by Gasteiger charge is -2.29. The van der Waals surface area contributed by atoms with Crippen molar-refractivity contribution in [1.29, 1.82) is 0 Å². The molecule has 0 aliphatic heterocycles. The van der Waals surface area contributed by atoms with Crippen molar-refractivity contribution in [2.24, 2.45) is 0 Å². The van der Waals surface area contributed by atoms with Crippen LogP contribution in [0.25, 0.3) is 55.6 Å². The van der Waals surface area contributed by atoms with Crippen LogP contribution >= 0.6 is 45.2 Å². The molecule has 0 N–H and O–H groups in total. The van der Waals surface area contributed by atoms with Crippen LogP contribution in [0.1, 0.15) is 304 Å². The number of halogens is 2. The third kappa shape index (κ3) is 12.2. The molecule has 6 rings (SSSR count). The van der Waals surface area contributed by atoms with Crippen molar-refractivity contribution in [3.8, 4) is 55.6 Å². The Balaban J connectivity index is 1.98. The quantitative estimate of drug-likeness (QED) is 0.0799. The van der Waals surface area contributed by atoms with Crippen LogP contribution in [0.2, 0.25) is 0 Å². The predicted molar refractivity (Wildman–Crippen MR) is 348 cm³/mol. The Morgan fingerprint density at radius 1 is 0.203 bits per heavy atom. The molecule has 0 nitrogen and oxygen atoms in total. The summed E-state index contributed by atoms with van der Waals surface area (Å²) >= 11 is 5.57. The third-order valence-corrected chi connectivity index (χ3v) is 18.4. The summed E-state index contributed by atoms with van der Waals surface area (Å²) < 4.78 is 2.70. The van der Waals surface area contributed by atoms with E-state index in [1.54, 1.807) is 0 Å². The molecule has 0 unspecified atom stereocenters.